The number of carbonyl (C=O) groups is 5. The minimum absolute atomic E-state index is 0.00381. The van der Waals surface area contributed by atoms with E-state index in [2.05, 4.69) is 75.3 Å². The van der Waals surface area contributed by atoms with Gasteiger partial charge in [0.1, 0.15) is 60.5 Å². The molecule has 0 radical (unpaired) electrons. The third-order valence-electron chi connectivity index (χ3n) is 25.2. The van der Waals surface area contributed by atoms with Crippen LogP contribution in [-0.4, -0.2) is 201 Å². The summed E-state index contributed by atoms with van der Waals surface area (Å²) in [6, 6.07) is 8.58. The van der Waals surface area contributed by atoms with E-state index in [9.17, 15) is 29.1 Å². The van der Waals surface area contributed by atoms with E-state index in [0.717, 1.165) is 76.9 Å². The standard InChI is InChI=1S/C81H128O22/c1-15-21-40-90-48-57-63(93-43-24-18-4)64(94-44-25-19-5)69(100-71(85)53-30-28-27-29-31-53)74(98-57)103-70-66(101-73-68(95-45-26-20-6)62(92-42-23-17-3)56(49-96-73)91-41-22-16-2)65(97-52(8)83)67(72(86)88-13)102-75(70)99-61-36-37-77(9)58(78(61,10)50-82)35-38-79(11)59(77)33-32-54-55-46-51(7)34-39-81(55,76(87)89-14)60(84)47-80(54,79)12/h27-32,50-51,55-70,73-75,84H,15-26,33-49H2,1-14H3/t51-,55?,56-,57?,58?,59?,60?,61+,62?,63+,64?,65+,66?,67?,68?,69?,70?,73+,74+,75-,77?,78?,79?,80?,81-/m1/s1. The smallest absolute Gasteiger partial charge is 0.339 e. The van der Waals surface area contributed by atoms with Gasteiger partial charge in [-0.05, 0) is 148 Å². The number of methoxy groups -OCH3 is 2. The van der Waals surface area contributed by atoms with Gasteiger partial charge in [0.15, 0.2) is 37.2 Å². The summed E-state index contributed by atoms with van der Waals surface area (Å²) in [6.45, 7) is 26.9. The first-order valence-corrected chi connectivity index (χ1v) is 39.6. The van der Waals surface area contributed by atoms with Crippen LogP contribution in [0.2, 0.25) is 0 Å². The highest BCUT2D eigenvalue weighted by atomic mass is 16.8. The van der Waals surface area contributed by atoms with Crippen molar-refractivity contribution in [3.8, 4) is 0 Å². The molecule has 4 saturated carbocycles. The predicted molar refractivity (Wildman–Crippen MR) is 382 cm³/mol. The number of hydrogen-bond acceptors (Lipinski definition) is 22. The van der Waals surface area contributed by atoms with Crippen molar-refractivity contribution in [2.45, 2.75) is 316 Å². The zero-order chi connectivity index (χ0) is 74.3. The molecule has 5 aliphatic carbocycles. The Bertz CT molecular complexity index is 2880. The lowest BCUT2D eigenvalue weighted by atomic mass is 9.33. The maximum atomic E-state index is 14.9. The number of aldehydes is 1. The SMILES string of the molecule is CCCCOCC1O[C@@H](OC2C(O[C@@H]3OC[C@@H](OCCCC)C(OCCCC)C3OCCCC)[C@H](OC(C)=O)C(C(=O)OC)O[C@H]2O[C@H]2CCC3(C)C(CCC4(C)C3CC=C3C5C[C@H](C)CC[C@]5(C(=O)OC)C(O)CC34C)C2(C)C=O)C(OC(=O)c2ccccc2)C(OCCCC)[C@H]1OCCCC. The van der Waals surface area contributed by atoms with Crippen LogP contribution in [0.5, 0.6) is 0 Å². The summed E-state index contributed by atoms with van der Waals surface area (Å²) in [5, 5.41) is 12.6. The molecule has 7 fully saturated rings. The second-order valence-electron chi connectivity index (χ2n) is 31.8. The fourth-order valence-corrected chi connectivity index (χ4v) is 19.2. The maximum absolute atomic E-state index is 14.9. The lowest BCUT2D eigenvalue weighted by Gasteiger charge is -2.71. The zero-order valence-electron chi connectivity index (χ0n) is 64.6. The van der Waals surface area contributed by atoms with Crippen LogP contribution in [0.3, 0.4) is 0 Å². The van der Waals surface area contributed by atoms with Gasteiger partial charge in [-0.1, -0.05) is 145 Å². The van der Waals surface area contributed by atoms with Crippen molar-refractivity contribution < 1.29 is 105 Å². The van der Waals surface area contributed by atoms with E-state index in [4.69, 9.17) is 75.8 Å². The Balaban J connectivity index is 1.19. The molecule has 3 aliphatic heterocycles. The molecule has 25 atom stereocenters. The maximum Gasteiger partial charge on any atom is 0.339 e. The molecule has 0 aromatic heterocycles. The van der Waals surface area contributed by atoms with E-state index in [1.165, 1.54) is 26.7 Å². The van der Waals surface area contributed by atoms with Crippen molar-refractivity contribution in [1.29, 1.82) is 0 Å². The number of aliphatic hydroxyl groups is 1. The second-order valence-corrected chi connectivity index (χ2v) is 31.8. The number of aliphatic hydroxyl groups excluding tert-OH is 1. The average Bonchev–Trinajstić information content (AvgIpc) is 0.672. The van der Waals surface area contributed by atoms with Gasteiger partial charge in [0.05, 0.1) is 50.6 Å². The van der Waals surface area contributed by atoms with Gasteiger partial charge in [-0.3, -0.25) is 9.59 Å². The van der Waals surface area contributed by atoms with Crippen molar-refractivity contribution in [2.75, 3.05) is 67.1 Å². The number of hydrogen-bond donors (Lipinski definition) is 1. The second kappa shape index (κ2) is 37.9. The molecule has 103 heavy (non-hydrogen) atoms. The normalized spacial score (nSPS) is 39.3. The highest BCUT2D eigenvalue weighted by Crippen LogP contribution is 2.75. The minimum Gasteiger partial charge on any atom is -0.468 e. The highest BCUT2D eigenvalue weighted by molar-refractivity contribution is 5.89. The van der Waals surface area contributed by atoms with Crippen LogP contribution in [0.15, 0.2) is 42.0 Å². The van der Waals surface area contributed by atoms with E-state index >= 15 is 0 Å². The monoisotopic (exact) mass is 1450 g/mol. The summed E-state index contributed by atoms with van der Waals surface area (Å²) in [6.07, 6.45) is -1.33. The van der Waals surface area contributed by atoms with Crippen LogP contribution in [-0.2, 0) is 95.0 Å². The lowest BCUT2D eigenvalue weighted by Crippen LogP contribution is -2.70. The van der Waals surface area contributed by atoms with Gasteiger partial charge >= 0.3 is 23.9 Å². The Morgan fingerprint density at radius 3 is 1.83 bits per heavy atom. The number of fused-ring (bicyclic) bond motifs is 7. The summed E-state index contributed by atoms with van der Waals surface area (Å²) < 4.78 is 108. The van der Waals surface area contributed by atoms with Gasteiger partial charge in [0.2, 0.25) is 0 Å². The van der Waals surface area contributed by atoms with Gasteiger partial charge in [-0.25, -0.2) is 9.59 Å². The van der Waals surface area contributed by atoms with Crippen molar-refractivity contribution >= 4 is 30.2 Å². The number of allylic oxidation sites excluding steroid dienone is 2. The molecule has 22 nitrogen and oxygen atoms in total. The molecule has 1 N–H and O–H groups in total. The van der Waals surface area contributed by atoms with Crippen LogP contribution in [0.25, 0.3) is 0 Å². The van der Waals surface area contributed by atoms with Crippen LogP contribution in [0.4, 0.5) is 0 Å². The van der Waals surface area contributed by atoms with Crippen molar-refractivity contribution in [3.05, 3.63) is 47.5 Å². The molecular weight excluding hydrogens is 1320 g/mol. The average molecular weight is 1450 g/mol. The van der Waals surface area contributed by atoms with Crippen LogP contribution >= 0.6 is 0 Å². The molecule has 16 unspecified atom stereocenters. The van der Waals surface area contributed by atoms with Gasteiger partial charge in [-0.15, -0.1) is 0 Å². The first-order chi connectivity index (χ1) is 49.6. The number of benzene rings is 1. The number of ether oxygens (including phenoxy) is 16. The van der Waals surface area contributed by atoms with E-state index in [0.29, 0.717) is 96.6 Å². The van der Waals surface area contributed by atoms with Crippen molar-refractivity contribution in [2.24, 2.45) is 50.7 Å². The number of rotatable bonds is 37. The highest BCUT2D eigenvalue weighted by Gasteiger charge is 2.72. The van der Waals surface area contributed by atoms with Crippen molar-refractivity contribution in [3.63, 3.8) is 0 Å². The van der Waals surface area contributed by atoms with E-state index in [1.807, 2.05) is 6.92 Å². The molecule has 0 bridgehead atoms. The van der Waals surface area contributed by atoms with Crippen LogP contribution < -0.4 is 0 Å². The fraction of sp³-hybridized carbons (Fsp3) is 0.840. The molecule has 584 valence electrons. The Morgan fingerprint density at radius 1 is 0.612 bits per heavy atom. The Morgan fingerprint density at radius 2 is 1.21 bits per heavy atom. The number of carbonyl (C=O) groups excluding carboxylic acids is 5. The van der Waals surface area contributed by atoms with Gasteiger partial charge in [0.25, 0.3) is 0 Å². The summed E-state index contributed by atoms with van der Waals surface area (Å²) in [5.41, 5.74) is -2.10. The fourth-order valence-electron chi connectivity index (χ4n) is 19.2. The third-order valence-corrected chi connectivity index (χ3v) is 25.2. The first kappa shape index (κ1) is 83.0. The van der Waals surface area contributed by atoms with E-state index in [1.54, 1.807) is 30.3 Å². The lowest BCUT2D eigenvalue weighted by molar-refractivity contribution is -0.395. The summed E-state index contributed by atoms with van der Waals surface area (Å²) in [7, 11) is 2.64. The summed E-state index contributed by atoms with van der Waals surface area (Å²) in [5.74, 6) is -2.84. The van der Waals surface area contributed by atoms with Crippen molar-refractivity contribution in [1.82, 2.24) is 0 Å². The Kier molecular flexibility index (Phi) is 30.5. The third kappa shape index (κ3) is 17.7. The number of unbranched alkanes of at least 4 members (excludes halogenated alkanes) is 6. The van der Waals surface area contributed by atoms with E-state index in [-0.39, 0.29) is 61.1 Å². The molecule has 0 spiro atoms. The molecule has 9 rings (SSSR count). The first-order valence-electron chi connectivity index (χ1n) is 39.6. The zero-order valence-corrected chi connectivity index (χ0v) is 64.6. The topological polar surface area (TPSA) is 253 Å². The van der Waals surface area contributed by atoms with Crippen LogP contribution in [0, 0.1) is 50.7 Å². The quantitative estimate of drug-likeness (QED) is 0.0162. The molecule has 1 aromatic rings. The van der Waals surface area contributed by atoms with Crippen LogP contribution in [0.1, 0.15) is 228 Å². The van der Waals surface area contributed by atoms with Gasteiger partial charge < -0.3 is 85.7 Å². The number of esters is 4. The predicted octanol–water partition coefficient (Wildman–Crippen LogP) is 12.8. The molecule has 3 saturated heterocycles. The Labute approximate surface area is 613 Å². The van der Waals surface area contributed by atoms with Gasteiger partial charge in [-0.2, -0.15) is 0 Å². The largest absolute Gasteiger partial charge is 0.468 e. The molecule has 3 heterocycles. The molecular formula is C81H128O22. The minimum atomic E-state index is -1.75. The summed E-state index contributed by atoms with van der Waals surface area (Å²) in [4.78, 5) is 72.6. The molecule has 1 aromatic carbocycles. The molecule has 0 amide bonds. The molecule has 8 aliphatic rings. The summed E-state index contributed by atoms with van der Waals surface area (Å²) >= 11 is 0. The Hall–Kier alpha value is -4.01. The molecule has 22 heteroatoms. The van der Waals surface area contributed by atoms with E-state index < -0.39 is 138 Å². The van der Waals surface area contributed by atoms with Gasteiger partial charge in [0, 0.05) is 46.6 Å².